The number of H-pyrrole nitrogens is 1. The van der Waals surface area contributed by atoms with Gasteiger partial charge in [-0.05, 0) is 45.4 Å². The number of aromatic amines is 1. The zero-order valence-electron chi connectivity index (χ0n) is 18.5. The molecule has 2 aromatic heterocycles. The average Bonchev–Trinajstić information content (AvgIpc) is 3.47. The van der Waals surface area contributed by atoms with Crippen LogP contribution >= 0.6 is 0 Å². The largest absolute Gasteiger partial charge is 0.496 e. The summed E-state index contributed by atoms with van der Waals surface area (Å²) in [6, 6.07) is 10.6. The molecule has 32 heavy (non-hydrogen) atoms. The van der Waals surface area contributed by atoms with Gasteiger partial charge in [-0.2, -0.15) is 10.4 Å². The first-order chi connectivity index (χ1) is 15.6. The third-order valence-corrected chi connectivity index (χ3v) is 5.59. The lowest BCUT2D eigenvalue weighted by Gasteiger charge is -2.28. The smallest absolute Gasteiger partial charge is 0.158 e. The Morgan fingerprint density at radius 3 is 2.84 bits per heavy atom. The van der Waals surface area contributed by atoms with Crippen LogP contribution in [0.1, 0.15) is 32.4 Å². The molecule has 0 amide bonds. The molecule has 1 aliphatic rings. The summed E-state index contributed by atoms with van der Waals surface area (Å²) in [5.41, 5.74) is 1.92. The van der Waals surface area contributed by atoms with Gasteiger partial charge in [-0.1, -0.05) is 0 Å². The number of nitrogens with one attached hydrogen (secondary N) is 2. The maximum atomic E-state index is 8.83. The van der Waals surface area contributed by atoms with E-state index in [2.05, 4.69) is 44.2 Å². The van der Waals surface area contributed by atoms with E-state index in [4.69, 9.17) is 14.7 Å². The lowest BCUT2D eigenvalue weighted by Crippen LogP contribution is -2.39. The first kappa shape index (κ1) is 21.6. The molecule has 3 heterocycles. The highest BCUT2D eigenvalue weighted by atomic mass is 16.5. The van der Waals surface area contributed by atoms with Crippen LogP contribution in [0, 0.1) is 11.3 Å². The minimum atomic E-state index is 0.259. The lowest BCUT2D eigenvalue weighted by atomic mass is 10.1. The van der Waals surface area contributed by atoms with E-state index in [9.17, 15) is 0 Å². The van der Waals surface area contributed by atoms with Crippen molar-refractivity contribution in [1.82, 2.24) is 25.1 Å². The first-order valence-corrected chi connectivity index (χ1v) is 10.7. The normalized spacial score (nSPS) is 16.2. The van der Waals surface area contributed by atoms with Crippen molar-refractivity contribution >= 4 is 11.6 Å². The molecule has 1 fully saturated rings. The average molecular weight is 434 g/mol. The Labute approximate surface area is 187 Å². The van der Waals surface area contributed by atoms with Crippen LogP contribution in [0.4, 0.5) is 11.6 Å². The van der Waals surface area contributed by atoms with Gasteiger partial charge in [-0.3, -0.25) is 10.00 Å². The number of methoxy groups -OCH3 is 1. The number of aromatic nitrogens is 4. The molecule has 166 valence electrons. The van der Waals surface area contributed by atoms with Crippen LogP contribution in [0.3, 0.4) is 0 Å². The van der Waals surface area contributed by atoms with Crippen molar-refractivity contribution in [3.63, 3.8) is 0 Å². The van der Waals surface area contributed by atoms with Crippen molar-refractivity contribution < 1.29 is 9.47 Å². The standard InChI is InChI=1S/C23H27N7O2/c1-15(2)30-8-4-5-17(30)14-32-18-6-7-19(21(9-18)31-3)20-10-22(29-28-20)27-23-13-25-16(11-24)12-26-23/h6-7,9-10,12-13,15,17H,4-5,8,14H2,1-3H3,(H2,26,27,28,29)/t17-/m1/s1. The van der Waals surface area contributed by atoms with Gasteiger partial charge in [-0.25, -0.2) is 9.97 Å². The SMILES string of the molecule is COc1cc(OC[C@H]2CCCN2C(C)C)ccc1-c1cc(Nc2cnc(C#N)cn2)n[nH]1. The van der Waals surface area contributed by atoms with Crippen molar-refractivity contribution in [3.8, 4) is 28.8 Å². The zero-order chi connectivity index (χ0) is 22.5. The Balaban J connectivity index is 1.44. The molecular formula is C23H27N7O2. The number of benzene rings is 1. The summed E-state index contributed by atoms with van der Waals surface area (Å²) >= 11 is 0. The first-order valence-electron chi connectivity index (χ1n) is 10.7. The van der Waals surface area contributed by atoms with Crippen molar-refractivity contribution in [1.29, 1.82) is 5.26 Å². The van der Waals surface area contributed by atoms with E-state index in [1.54, 1.807) is 7.11 Å². The Morgan fingerprint density at radius 1 is 1.25 bits per heavy atom. The van der Waals surface area contributed by atoms with Gasteiger partial charge in [0.25, 0.3) is 0 Å². The van der Waals surface area contributed by atoms with Crippen LogP contribution in [0.5, 0.6) is 11.5 Å². The van der Waals surface area contributed by atoms with Gasteiger partial charge in [0.1, 0.15) is 30.0 Å². The minimum Gasteiger partial charge on any atom is -0.496 e. The van der Waals surface area contributed by atoms with Crippen LogP contribution in [0.2, 0.25) is 0 Å². The van der Waals surface area contributed by atoms with Crippen LogP contribution in [-0.2, 0) is 0 Å². The maximum Gasteiger partial charge on any atom is 0.158 e. The molecule has 0 aliphatic carbocycles. The van der Waals surface area contributed by atoms with E-state index < -0.39 is 0 Å². The predicted molar refractivity (Wildman–Crippen MR) is 121 cm³/mol. The van der Waals surface area contributed by atoms with E-state index in [1.165, 1.54) is 25.2 Å². The number of likely N-dealkylation sites (tertiary alicyclic amines) is 1. The number of anilines is 2. The fourth-order valence-corrected chi connectivity index (χ4v) is 4.00. The van der Waals surface area contributed by atoms with Crippen molar-refractivity contribution in [2.45, 2.75) is 38.8 Å². The molecule has 0 bridgehead atoms. The second kappa shape index (κ2) is 9.66. The number of hydrogen-bond donors (Lipinski definition) is 2. The van der Waals surface area contributed by atoms with Crippen molar-refractivity contribution in [2.24, 2.45) is 0 Å². The third-order valence-electron chi connectivity index (χ3n) is 5.59. The molecular weight excluding hydrogens is 406 g/mol. The van der Waals surface area contributed by atoms with Gasteiger partial charge in [0, 0.05) is 29.8 Å². The lowest BCUT2D eigenvalue weighted by molar-refractivity contribution is 0.144. The molecule has 1 saturated heterocycles. The maximum absolute atomic E-state index is 8.83. The van der Waals surface area contributed by atoms with Crippen LogP contribution in [-0.4, -0.2) is 57.4 Å². The fraction of sp³-hybridized carbons (Fsp3) is 0.391. The summed E-state index contributed by atoms with van der Waals surface area (Å²) in [4.78, 5) is 10.6. The van der Waals surface area contributed by atoms with Crippen molar-refractivity contribution in [2.75, 3.05) is 25.6 Å². The van der Waals surface area contributed by atoms with Gasteiger partial charge >= 0.3 is 0 Å². The number of nitrogens with zero attached hydrogens (tertiary/aromatic N) is 5. The Bertz CT molecular complexity index is 1090. The molecule has 0 radical (unpaired) electrons. The van der Waals surface area contributed by atoms with Gasteiger partial charge < -0.3 is 14.8 Å². The van der Waals surface area contributed by atoms with E-state index >= 15 is 0 Å². The summed E-state index contributed by atoms with van der Waals surface area (Å²) in [6.45, 7) is 6.28. The topological polar surface area (TPSA) is 112 Å². The second-order valence-electron chi connectivity index (χ2n) is 7.99. The van der Waals surface area contributed by atoms with Crippen molar-refractivity contribution in [3.05, 3.63) is 42.4 Å². The van der Waals surface area contributed by atoms with Crippen LogP contribution < -0.4 is 14.8 Å². The predicted octanol–water partition coefficient (Wildman–Crippen LogP) is 3.74. The summed E-state index contributed by atoms with van der Waals surface area (Å²) in [5, 5.41) is 19.2. The molecule has 0 unspecified atom stereocenters. The molecule has 0 saturated carbocycles. The number of nitriles is 1. The highest BCUT2D eigenvalue weighted by molar-refractivity contribution is 5.71. The molecule has 1 atom stereocenters. The number of ether oxygens (including phenoxy) is 2. The number of rotatable bonds is 8. The van der Waals surface area contributed by atoms with Crippen LogP contribution in [0.15, 0.2) is 36.7 Å². The third kappa shape index (κ3) is 4.81. The van der Waals surface area contributed by atoms with E-state index in [0.29, 0.717) is 36.1 Å². The van der Waals surface area contributed by atoms with E-state index in [1.807, 2.05) is 30.3 Å². The van der Waals surface area contributed by atoms with E-state index in [0.717, 1.165) is 23.6 Å². The Morgan fingerprint density at radius 2 is 2.12 bits per heavy atom. The van der Waals surface area contributed by atoms with Crippen LogP contribution in [0.25, 0.3) is 11.3 Å². The van der Waals surface area contributed by atoms with Gasteiger partial charge in [0.2, 0.25) is 0 Å². The molecule has 9 heteroatoms. The van der Waals surface area contributed by atoms with Gasteiger partial charge in [0.15, 0.2) is 11.5 Å². The summed E-state index contributed by atoms with van der Waals surface area (Å²) in [6.07, 6.45) is 5.29. The van der Waals surface area contributed by atoms with Gasteiger partial charge in [0.05, 0.1) is 25.2 Å². The summed E-state index contributed by atoms with van der Waals surface area (Å²) in [5.74, 6) is 2.56. The Hall–Kier alpha value is -3.64. The monoisotopic (exact) mass is 433 g/mol. The summed E-state index contributed by atoms with van der Waals surface area (Å²) in [7, 11) is 1.64. The summed E-state index contributed by atoms with van der Waals surface area (Å²) < 4.78 is 11.7. The molecule has 1 aliphatic heterocycles. The minimum absolute atomic E-state index is 0.259. The zero-order valence-corrected chi connectivity index (χ0v) is 18.5. The molecule has 9 nitrogen and oxygen atoms in total. The molecule has 1 aromatic carbocycles. The highest BCUT2D eigenvalue weighted by Crippen LogP contribution is 2.34. The highest BCUT2D eigenvalue weighted by Gasteiger charge is 2.27. The fourth-order valence-electron chi connectivity index (χ4n) is 4.00. The van der Waals surface area contributed by atoms with E-state index in [-0.39, 0.29) is 5.69 Å². The number of hydrogen-bond acceptors (Lipinski definition) is 8. The quantitative estimate of drug-likeness (QED) is 0.552. The molecule has 0 spiro atoms. The molecule has 2 N–H and O–H groups in total. The Kier molecular flexibility index (Phi) is 6.52. The van der Waals surface area contributed by atoms with Gasteiger partial charge in [-0.15, -0.1) is 0 Å². The second-order valence-corrected chi connectivity index (χ2v) is 7.99. The molecule has 3 aromatic rings. The molecule has 4 rings (SSSR count).